The second-order valence-corrected chi connectivity index (χ2v) is 2.53. The number of hydrogen-bond acceptors (Lipinski definition) is 3. The Hall–Kier alpha value is -0.0765. The van der Waals surface area contributed by atoms with Crippen LogP contribution in [0, 0.1) is 5.92 Å². The van der Waals surface area contributed by atoms with E-state index in [0.29, 0.717) is 0 Å². The Morgan fingerprint density at radius 1 is 1.55 bits per heavy atom. The van der Waals surface area contributed by atoms with E-state index in [1.165, 1.54) is 5.06 Å². The molecule has 70 valence electrons. The first-order valence-electron chi connectivity index (χ1n) is 3.47. The van der Waals surface area contributed by atoms with Gasteiger partial charge in [-0.1, -0.05) is 13.8 Å². The predicted molar refractivity (Wildman–Crippen MR) is 39.2 cm³/mol. The zero-order valence-electron chi connectivity index (χ0n) is 7.36. The Morgan fingerprint density at radius 2 is 2.00 bits per heavy atom. The molecule has 3 nitrogen and oxygen atoms in total. The van der Waals surface area contributed by atoms with Gasteiger partial charge in [0.05, 0.1) is 5.92 Å². The topological polar surface area (TPSA) is 29.5 Å². The molecule has 0 fully saturated rings. The number of nitrogens with zero attached hydrogens (tertiary/aromatic N) is 1. The van der Waals surface area contributed by atoms with Crippen molar-refractivity contribution in [3.05, 3.63) is 0 Å². The number of carbonyl (C=O) groups is 1. The first kappa shape index (κ1) is 13.5. The molecule has 1 unspecified atom stereocenters. The van der Waals surface area contributed by atoms with Crippen molar-refractivity contribution in [3.63, 3.8) is 0 Å². The van der Waals surface area contributed by atoms with Gasteiger partial charge in [-0.3, -0.25) is 4.79 Å². The predicted octanol–water partition coefficient (Wildman–Crippen LogP) is 1.05. The van der Waals surface area contributed by atoms with Gasteiger partial charge in [-0.05, 0) is 6.42 Å². The molecule has 0 radical (unpaired) electrons. The van der Waals surface area contributed by atoms with E-state index in [1.807, 2.05) is 13.8 Å². The van der Waals surface area contributed by atoms with Crippen molar-refractivity contribution in [1.82, 2.24) is 5.06 Å². The molecule has 0 aromatic rings. The molecule has 0 saturated heterocycles. The van der Waals surface area contributed by atoms with Crippen LogP contribution in [-0.2, 0) is 26.1 Å². The van der Waals surface area contributed by atoms with Crippen LogP contribution in [0.3, 0.4) is 0 Å². The van der Waals surface area contributed by atoms with E-state index in [9.17, 15) is 4.79 Å². The van der Waals surface area contributed by atoms with Crippen LogP contribution in [0.1, 0.15) is 20.3 Å². The van der Waals surface area contributed by atoms with Gasteiger partial charge in [0.15, 0.2) is 0 Å². The minimum Gasteiger partial charge on any atom is -0.368 e. The summed E-state index contributed by atoms with van der Waals surface area (Å²) in [6.45, 7) is 3.81. The zero-order valence-corrected chi connectivity index (χ0v) is 8.35. The third-order valence-corrected chi connectivity index (χ3v) is 1.29. The van der Waals surface area contributed by atoms with Crippen molar-refractivity contribution in [2.75, 3.05) is 14.1 Å². The van der Waals surface area contributed by atoms with Crippen LogP contribution >= 0.6 is 0 Å². The smallest absolute Gasteiger partial charge is 0.327 e. The monoisotopic (exact) mass is 203 g/mol. The average Bonchev–Trinajstić information content (AvgIpc) is 1.85. The minimum atomic E-state index is -0.160. The van der Waals surface area contributed by atoms with Gasteiger partial charge in [-0.15, -0.1) is 5.06 Å². The van der Waals surface area contributed by atoms with Gasteiger partial charge < -0.3 is 4.84 Å². The molecule has 0 bridgehead atoms. The first-order valence-corrected chi connectivity index (χ1v) is 3.47. The van der Waals surface area contributed by atoms with E-state index in [1.54, 1.807) is 14.1 Å². The molecule has 0 spiro atoms. The molecule has 0 rings (SSSR count). The SMILES string of the molecule is CCC(C)C(=O)ON(C)C.[Ni]. The molecule has 0 aromatic heterocycles. The van der Waals surface area contributed by atoms with E-state index in [-0.39, 0.29) is 28.4 Å². The molecule has 4 heteroatoms. The quantitative estimate of drug-likeness (QED) is 0.508. The number of hydrogen-bond donors (Lipinski definition) is 0. The Labute approximate surface area is 78.0 Å². The molecular formula is C7H15NNiO2. The van der Waals surface area contributed by atoms with Gasteiger partial charge in [-0.2, -0.15) is 0 Å². The van der Waals surface area contributed by atoms with E-state index >= 15 is 0 Å². The summed E-state index contributed by atoms with van der Waals surface area (Å²) in [5.74, 6) is -0.157. The molecule has 0 amide bonds. The van der Waals surface area contributed by atoms with Gasteiger partial charge in [0.25, 0.3) is 0 Å². The fraction of sp³-hybridized carbons (Fsp3) is 0.857. The standard InChI is InChI=1S/C7H15NO2.Ni/c1-5-6(2)7(9)10-8(3)4;/h6H,5H2,1-4H3;. The molecule has 0 aliphatic rings. The van der Waals surface area contributed by atoms with Crippen molar-refractivity contribution >= 4 is 5.97 Å². The van der Waals surface area contributed by atoms with Crippen molar-refractivity contribution in [2.45, 2.75) is 20.3 Å². The van der Waals surface area contributed by atoms with Gasteiger partial charge in [0, 0.05) is 30.6 Å². The summed E-state index contributed by atoms with van der Waals surface area (Å²) in [4.78, 5) is 15.7. The van der Waals surface area contributed by atoms with Crippen LogP contribution in [0.15, 0.2) is 0 Å². The van der Waals surface area contributed by atoms with Crippen LogP contribution in [0.4, 0.5) is 0 Å². The van der Waals surface area contributed by atoms with Crippen LogP contribution in [0.5, 0.6) is 0 Å². The molecular weight excluding hydrogens is 189 g/mol. The summed E-state index contributed by atoms with van der Waals surface area (Å²) in [6.07, 6.45) is 0.826. The van der Waals surface area contributed by atoms with E-state index in [2.05, 4.69) is 0 Å². The molecule has 0 aromatic carbocycles. The van der Waals surface area contributed by atoms with Gasteiger partial charge >= 0.3 is 5.97 Å². The van der Waals surface area contributed by atoms with E-state index in [0.717, 1.165) is 6.42 Å². The molecule has 0 aliphatic heterocycles. The third kappa shape index (κ3) is 6.33. The summed E-state index contributed by atoms with van der Waals surface area (Å²) in [5, 5.41) is 1.41. The van der Waals surface area contributed by atoms with Gasteiger partial charge in [-0.25, -0.2) is 0 Å². The van der Waals surface area contributed by atoms with Crippen molar-refractivity contribution in [1.29, 1.82) is 0 Å². The summed E-state index contributed by atoms with van der Waals surface area (Å²) < 4.78 is 0. The maximum Gasteiger partial charge on any atom is 0.327 e. The average molecular weight is 204 g/mol. The fourth-order valence-corrected chi connectivity index (χ4v) is 0.437. The Morgan fingerprint density at radius 3 is 2.27 bits per heavy atom. The van der Waals surface area contributed by atoms with Crippen molar-refractivity contribution in [3.8, 4) is 0 Å². The molecule has 1 atom stereocenters. The number of rotatable bonds is 3. The summed E-state index contributed by atoms with van der Waals surface area (Å²) in [5.41, 5.74) is 0. The fourth-order valence-electron chi connectivity index (χ4n) is 0.437. The third-order valence-electron chi connectivity index (χ3n) is 1.29. The Bertz CT molecular complexity index is 117. The van der Waals surface area contributed by atoms with Gasteiger partial charge in [0.1, 0.15) is 0 Å². The normalized spacial score (nSPS) is 12.1. The first-order chi connectivity index (χ1) is 4.57. The maximum atomic E-state index is 10.9. The summed E-state index contributed by atoms with van der Waals surface area (Å²) in [6, 6.07) is 0. The summed E-state index contributed by atoms with van der Waals surface area (Å²) >= 11 is 0. The Balaban J connectivity index is 0. The number of carbonyl (C=O) groups excluding carboxylic acids is 1. The molecule has 0 aliphatic carbocycles. The molecule has 0 saturated carbocycles. The van der Waals surface area contributed by atoms with E-state index < -0.39 is 0 Å². The second-order valence-electron chi connectivity index (χ2n) is 2.53. The maximum absolute atomic E-state index is 10.9. The summed E-state index contributed by atoms with van der Waals surface area (Å²) in [7, 11) is 3.39. The Kier molecular flexibility index (Phi) is 8.13. The van der Waals surface area contributed by atoms with Crippen LogP contribution in [0.25, 0.3) is 0 Å². The van der Waals surface area contributed by atoms with Crippen molar-refractivity contribution in [2.24, 2.45) is 5.92 Å². The largest absolute Gasteiger partial charge is 0.368 e. The van der Waals surface area contributed by atoms with Crippen LogP contribution in [0.2, 0.25) is 0 Å². The minimum absolute atomic E-state index is 0. The van der Waals surface area contributed by atoms with Gasteiger partial charge in [0.2, 0.25) is 0 Å². The van der Waals surface area contributed by atoms with Crippen molar-refractivity contribution < 1.29 is 26.1 Å². The molecule has 0 N–H and O–H groups in total. The zero-order chi connectivity index (χ0) is 8.15. The van der Waals surface area contributed by atoms with Crippen LogP contribution in [-0.4, -0.2) is 25.1 Å². The van der Waals surface area contributed by atoms with E-state index in [4.69, 9.17) is 4.84 Å². The number of hydroxylamine groups is 2. The molecule has 0 heterocycles. The molecule has 11 heavy (non-hydrogen) atoms. The second kappa shape index (κ2) is 6.62. The van der Waals surface area contributed by atoms with Crippen LogP contribution < -0.4 is 0 Å².